The van der Waals surface area contributed by atoms with Crippen molar-refractivity contribution in [1.82, 2.24) is 0 Å². The van der Waals surface area contributed by atoms with Crippen molar-refractivity contribution in [3.8, 4) is 0 Å². The van der Waals surface area contributed by atoms with Gasteiger partial charge < -0.3 is 14.6 Å². The van der Waals surface area contributed by atoms with E-state index in [4.69, 9.17) is 14.6 Å². The summed E-state index contributed by atoms with van der Waals surface area (Å²) in [6.07, 6.45) is 4.06. The quantitative estimate of drug-likeness (QED) is 0.331. The molecule has 1 aromatic rings. The van der Waals surface area contributed by atoms with E-state index in [1.165, 1.54) is 0 Å². The van der Waals surface area contributed by atoms with Gasteiger partial charge in [-0.25, -0.2) is 0 Å². The van der Waals surface area contributed by atoms with Crippen LogP contribution in [0.2, 0.25) is 0 Å². The largest absolute Gasteiger partial charge is 0.481 e. The highest BCUT2D eigenvalue weighted by Crippen LogP contribution is 2.24. The highest BCUT2D eigenvalue weighted by atomic mass is 16.6. The molecule has 1 N–H and O–H groups in total. The average Bonchev–Trinajstić information content (AvgIpc) is 2.82. The molecular weight excluding hydrogens is 468 g/mol. The zero-order valence-corrected chi connectivity index (χ0v) is 25.4. The molecule has 6 heteroatoms. The van der Waals surface area contributed by atoms with Crippen LogP contribution in [0.25, 0.3) is 6.08 Å². The second-order valence-corrected chi connectivity index (χ2v) is 12.0. The SMILES string of the molecule is C=Cc1ccc(COC(=O)C(C)(C)CC)cc1.CCC(C)(C)C(=O)O.CCC(C)(C)C(=O)OC(C)(C)C. The van der Waals surface area contributed by atoms with Crippen molar-refractivity contribution in [1.29, 1.82) is 0 Å². The number of carboxylic acids is 1. The van der Waals surface area contributed by atoms with Gasteiger partial charge in [0.1, 0.15) is 12.2 Å². The molecule has 0 atom stereocenters. The van der Waals surface area contributed by atoms with Crippen LogP contribution in [-0.2, 0) is 30.5 Å². The van der Waals surface area contributed by atoms with Gasteiger partial charge in [-0.1, -0.05) is 57.7 Å². The van der Waals surface area contributed by atoms with Crippen LogP contribution >= 0.6 is 0 Å². The number of carboxylic acid groups (broad SMARTS) is 1. The zero-order valence-electron chi connectivity index (χ0n) is 25.4. The Bertz CT molecular complexity index is 855. The molecule has 6 nitrogen and oxygen atoms in total. The molecule has 0 amide bonds. The summed E-state index contributed by atoms with van der Waals surface area (Å²) in [6.45, 7) is 26.6. The summed E-state index contributed by atoms with van der Waals surface area (Å²) in [6, 6.07) is 7.81. The third kappa shape index (κ3) is 15.3. The summed E-state index contributed by atoms with van der Waals surface area (Å²) in [7, 11) is 0. The molecule has 0 radical (unpaired) electrons. The molecule has 0 aliphatic rings. The van der Waals surface area contributed by atoms with Crippen molar-refractivity contribution >= 4 is 24.0 Å². The minimum absolute atomic E-state index is 0.113. The Kier molecular flexibility index (Phi) is 15.4. The fourth-order valence-corrected chi connectivity index (χ4v) is 1.95. The number of esters is 2. The van der Waals surface area contributed by atoms with Gasteiger partial charge in [0.2, 0.25) is 0 Å². The summed E-state index contributed by atoms with van der Waals surface area (Å²) in [5.74, 6) is -0.981. The van der Waals surface area contributed by atoms with Crippen LogP contribution in [-0.4, -0.2) is 28.6 Å². The number of rotatable bonds is 9. The van der Waals surface area contributed by atoms with Gasteiger partial charge in [-0.2, -0.15) is 0 Å². The summed E-state index contributed by atoms with van der Waals surface area (Å²) in [5, 5.41) is 8.44. The van der Waals surface area contributed by atoms with Crippen LogP contribution in [0.3, 0.4) is 0 Å². The van der Waals surface area contributed by atoms with Gasteiger partial charge in [0.25, 0.3) is 0 Å². The van der Waals surface area contributed by atoms with Crippen LogP contribution in [0, 0.1) is 16.2 Å². The topological polar surface area (TPSA) is 89.9 Å². The zero-order chi connectivity index (χ0) is 29.7. The second-order valence-electron chi connectivity index (χ2n) is 12.0. The molecule has 0 aromatic heterocycles. The van der Waals surface area contributed by atoms with Gasteiger partial charge in [-0.05, 0) is 92.7 Å². The van der Waals surface area contributed by atoms with E-state index < -0.39 is 16.8 Å². The minimum atomic E-state index is -0.722. The van der Waals surface area contributed by atoms with Crippen LogP contribution in [0.5, 0.6) is 0 Å². The first-order valence-corrected chi connectivity index (χ1v) is 13.0. The maximum absolute atomic E-state index is 11.8. The molecule has 0 heterocycles. The molecule has 0 saturated carbocycles. The van der Waals surface area contributed by atoms with E-state index in [0.29, 0.717) is 13.0 Å². The Morgan fingerprint density at radius 3 is 1.46 bits per heavy atom. The smallest absolute Gasteiger partial charge is 0.312 e. The van der Waals surface area contributed by atoms with Gasteiger partial charge in [0, 0.05) is 0 Å². The fourth-order valence-electron chi connectivity index (χ4n) is 1.95. The van der Waals surface area contributed by atoms with Crippen molar-refractivity contribution < 1.29 is 29.0 Å². The molecular formula is C31H52O6. The summed E-state index contributed by atoms with van der Waals surface area (Å²) in [5.41, 5.74) is 0.391. The van der Waals surface area contributed by atoms with E-state index >= 15 is 0 Å². The van der Waals surface area contributed by atoms with E-state index in [2.05, 4.69) is 6.58 Å². The van der Waals surface area contributed by atoms with Crippen molar-refractivity contribution in [3.05, 3.63) is 42.0 Å². The Hall–Kier alpha value is -2.63. The molecule has 1 aromatic carbocycles. The van der Waals surface area contributed by atoms with Gasteiger partial charge >= 0.3 is 17.9 Å². The predicted octanol–water partition coefficient (Wildman–Crippen LogP) is 8.08. The highest BCUT2D eigenvalue weighted by molar-refractivity contribution is 5.76. The van der Waals surface area contributed by atoms with Gasteiger partial charge in [0.05, 0.1) is 16.2 Å². The Balaban J connectivity index is 0. The van der Waals surface area contributed by atoms with Crippen molar-refractivity contribution in [2.24, 2.45) is 16.2 Å². The number of carbonyl (C=O) groups excluding carboxylic acids is 2. The van der Waals surface area contributed by atoms with E-state index in [9.17, 15) is 14.4 Å². The van der Waals surface area contributed by atoms with E-state index in [0.717, 1.165) is 24.0 Å². The number of carbonyl (C=O) groups is 3. The maximum atomic E-state index is 11.8. The minimum Gasteiger partial charge on any atom is -0.481 e. The average molecular weight is 521 g/mol. The molecule has 0 aliphatic heterocycles. The molecule has 0 spiro atoms. The first-order valence-electron chi connectivity index (χ1n) is 13.0. The molecule has 0 unspecified atom stereocenters. The lowest BCUT2D eigenvalue weighted by atomic mass is 9.90. The predicted molar refractivity (Wildman–Crippen MR) is 152 cm³/mol. The lowest BCUT2D eigenvalue weighted by Crippen LogP contribution is -2.33. The standard InChI is InChI=1S/C15H20O2.C10H20O2.C6H12O2/c1-5-12-7-9-13(10-8-12)11-17-14(16)15(3,4)6-2;1-7-10(5,6)8(11)12-9(2,3)4;1-4-6(2,3)5(7)8/h5,7-10H,1,6,11H2,2-4H3;7H2,1-6H3;4H2,1-3H3,(H,7,8). The van der Waals surface area contributed by atoms with Gasteiger partial charge in [0.15, 0.2) is 0 Å². The molecule has 0 saturated heterocycles. The summed E-state index contributed by atoms with van der Waals surface area (Å²) in [4.78, 5) is 33.5. The van der Waals surface area contributed by atoms with Crippen LogP contribution < -0.4 is 0 Å². The molecule has 0 aliphatic carbocycles. The monoisotopic (exact) mass is 520 g/mol. The summed E-state index contributed by atoms with van der Waals surface area (Å²) >= 11 is 0. The van der Waals surface area contributed by atoms with Crippen molar-refractivity contribution in [2.45, 2.75) is 115 Å². The summed E-state index contributed by atoms with van der Waals surface area (Å²) < 4.78 is 10.5. The number of hydrogen-bond acceptors (Lipinski definition) is 5. The molecule has 0 fully saturated rings. The third-order valence-corrected chi connectivity index (χ3v) is 6.32. The van der Waals surface area contributed by atoms with E-state index in [1.54, 1.807) is 19.9 Å². The first-order chi connectivity index (χ1) is 16.7. The van der Waals surface area contributed by atoms with Gasteiger partial charge in [-0.15, -0.1) is 0 Å². The lowest BCUT2D eigenvalue weighted by molar-refractivity contribution is -0.165. The van der Waals surface area contributed by atoms with Gasteiger partial charge in [-0.3, -0.25) is 14.4 Å². The Labute approximate surface area is 225 Å². The molecule has 212 valence electrons. The van der Waals surface area contributed by atoms with Crippen molar-refractivity contribution in [2.75, 3.05) is 0 Å². The molecule has 37 heavy (non-hydrogen) atoms. The van der Waals surface area contributed by atoms with Crippen molar-refractivity contribution in [3.63, 3.8) is 0 Å². The van der Waals surface area contributed by atoms with E-state index in [1.807, 2.05) is 93.5 Å². The maximum Gasteiger partial charge on any atom is 0.312 e. The van der Waals surface area contributed by atoms with E-state index in [-0.39, 0.29) is 23.0 Å². The van der Waals surface area contributed by atoms with Crippen LogP contribution in [0.1, 0.15) is 113 Å². The number of aliphatic carboxylic acids is 1. The Morgan fingerprint density at radius 1 is 0.757 bits per heavy atom. The normalized spacial score (nSPS) is 11.7. The third-order valence-electron chi connectivity index (χ3n) is 6.32. The number of hydrogen-bond donors (Lipinski definition) is 1. The lowest BCUT2D eigenvalue weighted by Gasteiger charge is -2.27. The molecule has 0 bridgehead atoms. The Morgan fingerprint density at radius 2 is 1.16 bits per heavy atom. The number of benzene rings is 1. The van der Waals surface area contributed by atoms with Crippen LogP contribution in [0.4, 0.5) is 0 Å². The first kappa shape index (κ1) is 36.5. The molecule has 1 rings (SSSR count). The second kappa shape index (κ2) is 15.6. The number of ether oxygens (including phenoxy) is 2. The highest BCUT2D eigenvalue weighted by Gasteiger charge is 2.30. The fraction of sp³-hybridized carbons (Fsp3) is 0.645. The van der Waals surface area contributed by atoms with Crippen LogP contribution in [0.15, 0.2) is 30.8 Å².